The van der Waals surface area contributed by atoms with Crippen molar-refractivity contribution in [1.82, 2.24) is 24.5 Å². The molecule has 1 aliphatic rings. The van der Waals surface area contributed by atoms with Gasteiger partial charge in [-0.3, -0.25) is 9.48 Å². The summed E-state index contributed by atoms with van der Waals surface area (Å²) in [6.45, 7) is 3.91. The lowest BCUT2D eigenvalue weighted by Gasteiger charge is -2.35. The quantitative estimate of drug-likeness (QED) is 0.325. The number of hydrogen-bond acceptors (Lipinski definition) is 8. The number of fused-ring (bicyclic) bond motifs is 3. The van der Waals surface area contributed by atoms with Gasteiger partial charge >= 0.3 is 0 Å². The molecule has 1 N–H and O–H groups in total. The summed E-state index contributed by atoms with van der Waals surface area (Å²) in [5.41, 5.74) is 3.90. The number of ether oxygens (including phenoxy) is 4. The van der Waals surface area contributed by atoms with E-state index >= 15 is 0 Å². The second-order valence-electron chi connectivity index (χ2n) is 10.5. The predicted octanol–water partition coefficient (Wildman–Crippen LogP) is 4.09. The first-order valence-electron chi connectivity index (χ1n) is 13.2. The van der Waals surface area contributed by atoms with Crippen LogP contribution < -0.4 is 18.9 Å². The maximum atomic E-state index is 14.0. The summed E-state index contributed by atoms with van der Waals surface area (Å²) >= 11 is 0. The van der Waals surface area contributed by atoms with E-state index in [1.807, 2.05) is 57.4 Å². The summed E-state index contributed by atoms with van der Waals surface area (Å²) in [4.78, 5) is 15.6. The molecule has 5 rings (SSSR count). The van der Waals surface area contributed by atoms with Crippen LogP contribution in [0.1, 0.15) is 36.3 Å². The summed E-state index contributed by atoms with van der Waals surface area (Å²) < 4.78 is 26.4. The van der Waals surface area contributed by atoms with Gasteiger partial charge in [0.25, 0.3) is 5.91 Å². The van der Waals surface area contributed by atoms with Gasteiger partial charge in [0.15, 0.2) is 5.69 Å². The van der Waals surface area contributed by atoms with E-state index in [-0.39, 0.29) is 24.8 Å². The van der Waals surface area contributed by atoms with E-state index in [9.17, 15) is 9.90 Å². The summed E-state index contributed by atoms with van der Waals surface area (Å²) in [6.07, 6.45) is 2.28. The van der Waals surface area contributed by atoms with Crippen LogP contribution in [-0.4, -0.2) is 76.0 Å². The number of carbonyl (C=O) groups excluding carboxylic acids is 1. The molecule has 0 fully saturated rings. The minimum absolute atomic E-state index is 0.0462. The number of hydrogen-bond donors (Lipinski definition) is 1. The van der Waals surface area contributed by atoms with Gasteiger partial charge in [0.1, 0.15) is 29.6 Å². The summed E-state index contributed by atoms with van der Waals surface area (Å²) in [7, 11) is 8.35. The van der Waals surface area contributed by atoms with Crippen LogP contribution in [0.15, 0.2) is 42.6 Å². The monoisotopic (exact) mass is 561 g/mol. The molecule has 0 unspecified atom stereocenters. The number of carbonyl (C=O) groups is 1. The first-order valence-corrected chi connectivity index (χ1v) is 13.2. The van der Waals surface area contributed by atoms with Gasteiger partial charge < -0.3 is 29.0 Å². The zero-order chi connectivity index (χ0) is 29.5. The van der Waals surface area contributed by atoms with E-state index in [0.717, 1.165) is 16.8 Å². The van der Waals surface area contributed by atoms with Gasteiger partial charge in [0, 0.05) is 73.4 Å². The maximum absolute atomic E-state index is 14.0. The first kappa shape index (κ1) is 28.0. The Bertz CT molecular complexity index is 1580. The van der Waals surface area contributed by atoms with Crippen molar-refractivity contribution in [3.63, 3.8) is 0 Å². The number of aliphatic hydroxyl groups excluding tert-OH is 1. The van der Waals surface area contributed by atoms with E-state index in [1.54, 1.807) is 48.7 Å². The fourth-order valence-corrected chi connectivity index (χ4v) is 4.96. The SMILES string of the molecule is COc1cc(OC)cc(-n2nc(C(=O)N(C)C(C)(C)CCO)c3c2-c2cc(-c4ccn(C)n4)c(OC)cc2OC3)c1. The van der Waals surface area contributed by atoms with E-state index in [4.69, 9.17) is 24.0 Å². The highest BCUT2D eigenvalue weighted by Crippen LogP contribution is 2.46. The smallest absolute Gasteiger partial charge is 0.274 e. The Balaban J connectivity index is 1.77. The summed E-state index contributed by atoms with van der Waals surface area (Å²) in [6, 6.07) is 11.1. The average Bonchev–Trinajstić information content (AvgIpc) is 3.59. The molecule has 11 nitrogen and oxygen atoms in total. The van der Waals surface area contributed by atoms with E-state index in [1.165, 1.54) is 0 Å². The molecule has 216 valence electrons. The molecule has 4 aromatic rings. The van der Waals surface area contributed by atoms with Crippen molar-refractivity contribution in [2.24, 2.45) is 7.05 Å². The standard InChI is InChI=1S/C30H35N5O6/c1-30(2,9-11-36)34(4)29(37)27-23-17-41-26-16-25(40-7)21(24-8-10-33(3)31-24)15-22(26)28(23)35(32-27)18-12-19(38-5)14-20(13-18)39-6/h8,10,12-16,36H,9,11,17H2,1-7H3. The zero-order valence-corrected chi connectivity index (χ0v) is 24.4. The fraction of sp³-hybridized carbons (Fsp3) is 0.367. The second kappa shape index (κ2) is 10.8. The number of nitrogens with zero attached hydrogens (tertiary/aromatic N) is 5. The Labute approximate surface area is 238 Å². The molecule has 1 amide bonds. The van der Waals surface area contributed by atoms with Crippen molar-refractivity contribution in [2.45, 2.75) is 32.4 Å². The lowest BCUT2D eigenvalue weighted by molar-refractivity contribution is 0.0565. The summed E-state index contributed by atoms with van der Waals surface area (Å²) in [5, 5.41) is 19.1. The fourth-order valence-electron chi connectivity index (χ4n) is 4.96. The van der Waals surface area contributed by atoms with Crippen LogP contribution in [0.5, 0.6) is 23.0 Å². The van der Waals surface area contributed by atoms with Gasteiger partial charge in [-0.2, -0.15) is 10.2 Å². The lowest BCUT2D eigenvalue weighted by atomic mass is 9.96. The van der Waals surface area contributed by atoms with Gasteiger partial charge in [-0.15, -0.1) is 0 Å². The minimum Gasteiger partial charge on any atom is -0.497 e. The molecule has 0 atom stereocenters. The predicted molar refractivity (Wildman–Crippen MR) is 153 cm³/mol. The van der Waals surface area contributed by atoms with Gasteiger partial charge in [-0.25, -0.2) is 4.68 Å². The van der Waals surface area contributed by atoms with Crippen molar-refractivity contribution < 1.29 is 28.8 Å². The van der Waals surface area contributed by atoms with Gasteiger partial charge in [-0.1, -0.05) is 0 Å². The van der Waals surface area contributed by atoms with Crippen LogP contribution >= 0.6 is 0 Å². The number of aryl methyl sites for hydroxylation is 1. The largest absolute Gasteiger partial charge is 0.497 e. The molecule has 41 heavy (non-hydrogen) atoms. The lowest BCUT2D eigenvalue weighted by Crippen LogP contribution is -2.46. The Kier molecular flexibility index (Phi) is 7.39. The highest BCUT2D eigenvalue weighted by Gasteiger charge is 2.36. The molecule has 3 heterocycles. The molecule has 11 heteroatoms. The van der Waals surface area contributed by atoms with Crippen molar-refractivity contribution >= 4 is 5.91 Å². The van der Waals surface area contributed by atoms with E-state index in [0.29, 0.717) is 46.4 Å². The topological polar surface area (TPSA) is 113 Å². The van der Waals surface area contributed by atoms with Crippen molar-refractivity contribution in [1.29, 1.82) is 0 Å². The highest BCUT2D eigenvalue weighted by atomic mass is 16.5. The number of methoxy groups -OCH3 is 3. The molecule has 2 aromatic carbocycles. The number of benzene rings is 2. The molecule has 0 bridgehead atoms. The number of aliphatic hydroxyl groups is 1. The average molecular weight is 562 g/mol. The molecular weight excluding hydrogens is 526 g/mol. The third kappa shape index (κ3) is 4.97. The molecule has 0 radical (unpaired) electrons. The van der Waals surface area contributed by atoms with Crippen LogP contribution in [0, 0.1) is 0 Å². The van der Waals surface area contributed by atoms with Crippen LogP contribution in [0.25, 0.3) is 28.2 Å². The summed E-state index contributed by atoms with van der Waals surface area (Å²) in [5.74, 6) is 2.08. The normalized spacial score (nSPS) is 12.3. The molecular formula is C30H35N5O6. The molecule has 0 spiro atoms. The third-order valence-corrected chi connectivity index (χ3v) is 7.62. The Morgan fingerprint density at radius 1 is 1.05 bits per heavy atom. The molecule has 2 aromatic heterocycles. The minimum atomic E-state index is -0.603. The second-order valence-corrected chi connectivity index (χ2v) is 10.5. The van der Waals surface area contributed by atoms with Gasteiger partial charge in [0.2, 0.25) is 0 Å². The van der Waals surface area contributed by atoms with Crippen LogP contribution in [0.2, 0.25) is 0 Å². The third-order valence-electron chi connectivity index (χ3n) is 7.62. The zero-order valence-electron chi connectivity index (χ0n) is 24.4. The van der Waals surface area contributed by atoms with Crippen molar-refractivity contribution in [2.75, 3.05) is 35.0 Å². The Morgan fingerprint density at radius 2 is 1.76 bits per heavy atom. The molecule has 0 saturated heterocycles. The van der Waals surface area contributed by atoms with E-state index < -0.39 is 5.54 Å². The Morgan fingerprint density at radius 3 is 2.34 bits per heavy atom. The van der Waals surface area contributed by atoms with Crippen LogP contribution in [0.4, 0.5) is 0 Å². The van der Waals surface area contributed by atoms with Crippen molar-refractivity contribution in [3.05, 3.63) is 53.9 Å². The van der Waals surface area contributed by atoms with Gasteiger partial charge in [0.05, 0.1) is 38.4 Å². The number of aromatic nitrogens is 4. The number of amides is 1. The molecule has 0 aliphatic carbocycles. The highest BCUT2D eigenvalue weighted by molar-refractivity contribution is 5.97. The maximum Gasteiger partial charge on any atom is 0.274 e. The molecule has 1 aliphatic heterocycles. The molecule has 0 saturated carbocycles. The van der Waals surface area contributed by atoms with Crippen LogP contribution in [-0.2, 0) is 13.7 Å². The number of rotatable bonds is 9. The van der Waals surface area contributed by atoms with Gasteiger partial charge in [-0.05, 0) is 32.4 Å². The Hall–Kier alpha value is -4.51. The van der Waals surface area contributed by atoms with Crippen LogP contribution in [0.3, 0.4) is 0 Å². The van der Waals surface area contributed by atoms with E-state index in [2.05, 4.69) is 5.10 Å². The first-order chi connectivity index (χ1) is 19.6. The van der Waals surface area contributed by atoms with Crippen molar-refractivity contribution in [3.8, 4) is 51.2 Å².